The third-order valence-electron chi connectivity index (χ3n) is 4.73. The van der Waals surface area contributed by atoms with E-state index in [9.17, 15) is 0 Å². The van der Waals surface area contributed by atoms with Gasteiger partial charge in [-0.25, -0.2) is 0 Å². The summed E-state index contributed by atoms with van der Waals surface area (Å²) in [6.07, 6.45) is 2.63. The highest BCUT2D eigenvalue weighted by Crippen LogP contribution is 2.42. The molecule has 1 aliphatic carbocycles. The number of rotatable bonds is 6. The molecule has 1 saturated heterocycles. The first-order valence-corrected chi connectivity index (χ1v) is 7.46. The summed E-state index contributed by atoms with van der Waals surface area (Å²) < 4.78 is 11.4. The van der Waals surface area contributed by atoms with Crippen molar-refractivity contribution in [3.63, 3.8) is 0 Å². The van der Waals surface area contributed by atoms with Crippen LogP contribution in [0.15, 0.2) is 0 Å². The molecule has 4 heteroatoms. The number of hydrogen-bond donors (Lipinski definition) is 1. The largest absolute Gasteiger partial charge is 0.383 e. The highest BCUT2D eigenvalue weighted by atomic mass is 16.5. The molecule has 2 aliphatic rings. The molecule has 0 spiro atoms. The summed E-state index contributed by atoms with van der Waals surface area (Å²) >= 11 is 0. The Balaban J connectivity index is 2.03. The van der Waals surface area contributed by atoms with Gasteiger partial charge in [-0.15, -0.1) is 0 Å². The summed E-state index contributed by atoms with van der Waals surface area (Å²) in [7, 11) is 1.77. The smallest absolute Gasteiger partial charge is 0.0788 e. The third kappa shape index (κ3) is 3.30. The van der Waals surface area contributed by atoms with Gasteiger partial charge >= 0.3 is 0 Å². The van der Waals surface area contributed by atoms with Gasteiger partial charge in [-0.05, 0) is 40.5 Å². The zero-order valence-electron chi connectivity index (χ0n) is 13.1. The predicted octanol–water partition coefficient (Wildman–Crippen LogP) is 1.63. The second-order valence-electron chi connectivity index (χ2n) is 7.16. The number of methoxy groups -OCH3 is 1. The van der Waals surface area contributed by atoms with Crippen LogP contribution in [0.4, 0.5) is 0 Å². The van der Waals surface area contributed by atoms with E-state index >= 15 is 0 Å². The fourth-order valence-corrected chi connectivity index (χ4v) is 3.40. The summed E-state index contributed by atoms with van der Waals surface area (Å²) in [5.74, 6) is 0.375. The predicted molar refractivity (Wildman–Crippen MR) is 77.2 cm³/mol. The molecule has 112 valence electrons. The Hall–Kier alpha value is -0.160. The van der Waals surface area contributed by atoms with Gasteiger partial charge in [-0.1, -0.05) is 0 Å². The Morgan fingerprint density at radius 3 is 2.26 bits per heavy atom. The van der Waals surface area contributed by atoms with Gasteiger partial charge in [0.25, 0.3) is 0 Å². The number of hydrogen-bond acceptors (Lipinski definition) is 4. The maximum absolute atomic E-state index is 6.45. The molecule has 0 aromatic heterocycles. The molecule has 0 radical (unpaired) electrons. The van der Waals surface area contributed by atoms with E-state index < -0.39 is 0 Å². The van der Waals surface area contributed by atoms with E-state index in [1.54, 1.807) is 7.11 Å². The van der Waals surface area contributed by atoms with Gasteiger partial charge < -0.3 is 15.2 Å². The molecule has 4 nitrogen and oxygen atoms in total. The minimum atomic E-state index is -0.232. The topological polar surface area (TPSA) is 47.7 Å². The lowest BCUT2D eigenvalue weighted by molar-refractivity contribution is -0.0788. The Labute approximate surface area is 117 Å². The summed E-state index contributed by atoms with van der Waals surface area (Å²) in [4.78, 5) is 2.54. The molecular weight excluding hydrogens is 240 g/mol. The van der Waals surface area contributed by atoms with Gasteiger partial charge in [-0.2, -0.15) is 0 Å². The zero-order valence-corrected chi connectivity index (χ0v) is 13.1. The fraction of sp³-hybridized carbons (Fsp3) is 1.00. The number of ether oxygens (including phenoxy) is 2. The van der Waals surface area contributed by atoms with Gasteiger partial charge in [0.05, 0.1) is 17.8 Å². The average Bonchev–Trinajstić information content (AvgIpc) is 3.08. The fourth-order valence-electron chi connectivity index (χ4n) is 3.40. The lowest BCUT2D eigenvalue weighted by Crippen LogP contribution is -2.49. The zero-order chi connectivity index (χ0) is 14.3. The second kappa shape index (κ2) is 5.32. The van der Waals surface area contributed by atoms with E-state index in [-0.39, 0.29) is 17.2 Å². The molecule has 1 aliphatic heterocycles. The molecule has 0 aromatic carbocycles. The maximum Gasteiger partial charge on any atom is 0.0788 e. The van der Waals surface area contributed by atoms with Crippen molar-refractivity contribution in [2.24, 2.45) is 11.7 Å². The van der Waals surface area contributed by atoms with E-state index in [1.807, 2.05) is 0 Å². The molecule has 2 rings (SSSR count). The van der Waals surface area contributed by atoms with Crippen LogP contribution in [0.2, 0.25) is 0 Å². The first-order chi connectivity index (χ1) is 8.78. The SMILES string of the molecule is COCCN(CC1C(N)C(C)(C)OC1(C)C)C1CC1. The molecule has 1 heterocycles. The van der Waals surface area contributed by atoms with Crippen molar-refractivity contribution in [1.82, 2.24) is 4.90 Å². The Kier molecular flexibility index (Phi) is 4.26. The normalized spacial score (nSPS) is 33.0. The summed E-state index contributed by atoms with van der Waals surface area (Å²) in [5.41, 5.74) is 6.07. The van der Waals surface area contributed by atoms with Crippen molar-refractivity contribution < 1.29 is 9.47 Å². The number of nitrogens with two attached hydrogens (primary N) is 1. The van der Waals surface area contributed by atoms with Crippen molar-refractivity contribution in [3.8, 4) is 0 Å². The van der Waals surface area contributed by atoms with Gasteiger partial charge in [0.2, 0.25) is 0 Å². The number of nitrogens with zero attached hydrogens (tertiary/aromatic N) is 1. The van der Waals surface area contributed by atoms with Crippen molar-refractivity contribution in [1.29, 1.82) is 0 Å². The standard InChI is InChI=1S/C15H30N2O2/c1-14(2)12(13(16)15(3,4)19-14)10-17(8-9-18-5)11-6-7-11/h11-13H,6-10,16H2,1-5H3. The molecule has 0 amide bonds. The van der Waals surface area contributed by atoms with Crippen LogP contribution in [-0.4, -0.2) is 55.0 Å². The second-order valence-corrected chi connectivity index (χ2v) is 7.16. The first-order valence-electron chi connectivity index (χ1n) is 7.46. The molecule has 0 bridgehead atoms. The average molecular weight is 270 g/mol. The van der Waals surface area contributed by atoms with Crippen LogP contribution in [0.5, 0.6) is 0 Å². The first kappa shape index (κ1) is 15.2. The van der Waals surface area contributed by atoms with Crippen LogP contribution in [-0.2, 0) is 9.47 Å². The van der Waals surface area contributed by atoms with Crippen LogP contribution >= 0.6 is 0 Å². The molecular formula is C15H30N2O2. The molecule has 0 aromatic rings. The lowest BCUT2D eigenvalue weighted by atomic mass is 9.82. The molecule has 2 N–H and O–H groups in total. The summed E-state index contributed by atoms with van der Waals surface area (Å²) in [6, 6.07) is 0.827. The summed E-state index contributed by atoms with van der Waals surface area (Å²) in [5, 5.41) is 0. The monoisotopic (exact) mass is 270 g/mol. The maximum atomic E-state index is 6.45. The van der Waals surface area contributed by atoms with E-state index in [0.29, 0.717) is 5.92 Å². The van der Waals surface area contributed by atoms with Crippen molar-refractivity contribution in [2.45, 2.75) is 63.8 Å². The van der Waals surface area contributed by atoms with Crippen molar-refractivity contribution in [3.05, 3.63) is 0 Å². The molecule has 1 saturated carbocycles. The Bertz CT molecular complexity index is 313. The van der Waals surface area contributed by atoms with Crippen LogP contribution in [0.1, 0.15) is 40.5 Å². The highest BCUT2D eigenvalue weighted by molar-refractivity contribution is 5.05. The van der Waals surface area contributed by atoms with E-state index in [2.05, 4.69) is 32.6 Å². The van der Waals surface area contributed by atoms with Crippen molar-refractivity contribution in [2.75, 3.05) is 26.8 Å². The van der Waals surface area contributed by atoms with Gasteiger partial charge in [0.1, 0.15) is 0 Å². The van der Waals surface area contributed by atoms with Crippen LogP contribution < -0.4 is 5.73 Å². The van der Waals surface area contributed by atoms with E-state index in [4.69, 9.17) is 15.2 Å². The highest BCUT2D eigenvalue weighted by Gasteiger charge is 2.53. The van der Waals surface area contributed by atoms with E-state index in [0.717, 1.165) is 25.7 Å². The molecule has 2 atom stereocenters. The lowest BCUT2D eigenvalue weighted by Gasteiger charge is -2.33. The Morgan fingerprint density at radius 1 is 1.21 bits per heavy atom. The van der Waals surface area contributed by atoms with Crippen LogP contribution in [0.25, 0.3) is 0 Å². The van der Waals surface area contributed by atoms with Gasteiger partial charge in [0, 0.05) is 38.2 Å². The van der Waals surface area contributed by atoms with Crippen LogP contribution in [0.3, 0.4) is 0 Å². The third-order valence-corrected chi connectivity index (χ3v) is 4.73. The molecule has 2 unspecified atom stereocenters. The molecule has 19 heavy (non-hydrogen) atoms. The Morgan fingerprint density at radius 2 is 1.84 bits per heavy atom. The van der Waals surface area contributed by atoms with Gasteiger partial charge in [-0.3, -0.25) is 4.90 Å². The van der Waals surface area contributed by atoms with Crippen molar-refractivity contribution >= 4 is 0 Å². The van der Waals surface area contributed by atoms with Crippen LogP contribution in [0, 0.1) is 5.92 Å². The minimum absolute atomic E-state index is 0.0892. The minimum Gasteiger partial charge on any atom is -0.383 e. The van der Waals surface area contributed by atoms with E-state index in [1.165, 1.54) is 12.8 Å². The quantitative estimate of drug-likeness (QED) is 0.797. The molecule has 2 fully saturated rings. The summed E-state index contributed by atoms with van der Waals surface area (Å²) in [6.45, 7) is 11.4. The van der Waals surface area contributed by atoms with Gasteiger partial charge in [0.15, 0.2) is 0 Å².